The van der Waals surface area contributed by atoms with Crippen LogP contribution >= 0.6 is 0 Å². The molecule has 0 aliphatic carbocycles. The average Bonchev–Trinajstić information content (AvgIpc) is 3.34. The van der Waals surface area contributed by atoms with E-state index in [0.29, 0.717) is 19.4 Å². The van der Waals surface area contributed by atoms with Crippen molar-refractivity contribution in [1.29, 1.82) is 0 Å². The first-order valence-electron chi connectivity index (χ1n) is 29.1. The van der Waals surface area contributed by atoms with E-state index in [1.807, 2.05) is 0 Å². The molecule has 5 nitrogen and oxygen atoms in total. The van der Waals surface area contributed by atoms with Crippen LogP contribution in [-0.4, -0.2) is 37.9 Å². The number of allylic oxidation sites excluding steroid dienone is 14. The molecule has 0 aliphatic rings. The molecule has 0 aromatic rings. The van der Waals surface area contributed by atoms with Gasteiger partial charge in [-0.2, -0.15) is 0 Å². The normalized spacial score (nSPS) is 12.8. The van der Waals surface area contributed by atoms with Crippen LogP contribution in [0.2, 0.25) is 0 Å². The van der Waals surface area contributed by atoms with Crippen molar-refractivity contribution < 1.29 is 23.8 Å². The average molecular weight is 948 g/mol. The second-order valence-electron chi connectivity index (χ2n) is 19.2. The molecule has 0 spiro atoms. The number of esters is 2. The lowest BCUT2D eigenvalue weighted by Gasteiger charge is -2.18. The Kier molecular flexibility index (Phi) is 55.9. The molecule has 5 heteroatoms. The van der Waals surface area contributed by atoms with Gasteiger partial charge < -0.3 is 14.2 Å². The molecule has 0 N–H and O–H groups in total. The topological polar surface area (TPSA) is 61.8 Å². The quantitative estimate of drug-likeness (QED) is 0.0345. The van der Waals surface area contributed by atoms with Crippen molar-refractivity contribution in [2.45, 2.75) is 284 Å². The first-order valence-corrected chi connectivity index (χ1v) is 29.1. The van der Waals surface area contributed by atoms with Crippen LogP contribution in [0.4, 0.5) is 0 Å². The lowest BCUT2D eigenvalue weighted by atomic mass is 10.1. The summed E-state index contributed by atoms with van der Waals surface area (Å²) in [5, 5.41) is 0. The van der Waals surface area contributed by atoms with Crippen LogP contribution in [0, 0.1) is 0 Å². The minimum atomic E-state index is -0.567. The van der Waals surface area contributed by atoms with Gasteiger partial charge >= 0.3 is 11.9 Å². The Bertz CT molecular complexity index is 1250. The number of unbranched alkanes of at least 4 members (excludes halogenated alkanes) is 28. The lowest BCUT2D eigenvalue weighted by Crippen LogP contribution is -2.30. The third-order valence-electron chi connectivity index (χ3n) is 12.4. The van der Waals surface area contributed by atoms with Crippen molar-refractivity contribution >= 4 is 11.9 Å². The highest BCUT2D eigenvalue weighted by Gasteiger charge is 2.17. The minimum Gasteiger partial charge on any atom is -0.462 e. The molecule has 0 heterocycles. The molecular formula is C63H110O5. The van der Waals surface area contributed by atoms with Crippen LogP contribution in [0.3, 0.4) is 0 Å². The van der Waals surface area contributed by atoms with Gasteiger partial charge in [-0.25, -0.2) is 0 Å². The molecule has 0 aromatic carbocycles. The molecule has 0 rings (SSSR count). The van der Waals surface area contributed by atoms with Gasteiger partial charge in [0, 0.05) is 19.4 Å². The van der Waals surface area contributed by atoms with Crippen molar-refractivity contribution in [3.63, 3.8) is 0 Å². The van der Waals surface area contributed by atoms with Gasteiger partial charge in [-0.15, -0.1) is 0 Å². The number of hydrogen-bond acceptors (Lipinski definition) is 5. The van der Waals surface area contributed by atoms with Crippen molar-refractivity contribution in [2.75, 3.05) is 19.8 Å². The molecule has 1 atom stereocenters. The highest BCUT2D eigenvalue weighted by Crippen LogP contribution is 2.15. The van der Waals surface area contributed by atoms with E-state index in [1.165, 1.54) is 154 Å². The Morgan fingerprint density at radius 1 is 0.338 bits per heavy atom. The molecule has 0 aromatic heterocycles. The number of ether oxygens (including phenoxy) is 3. The number of hydrogen-bond donors (Lipinski definition) is 0. The predicted molar refractivity (Wildman–Crippen MR) is 297 cm³/mol. The van der Waals surface area contributed by atoms with E-state index in [2.05, 4.69) is 106 Å². The summed E-state index contributed by atoms with van der Waals surface area (Å²) in [6, 6.07) is 0. The molecular weight excluding hydrogens is 837 g/mol. The first kappa shape index (κ1) is 65.1. The van der Waals surface area contributed by atoms with Gasteiger partial charge in [-0.05, 0) is 116 Å². The maximum Gasteiger partial charge on any atom is 0.306 e. The molecule has 392 valence electrons. The van der Waals surface area contributed by atoms with Crippen molar-refractivity contribution in [3.8, 4) is 0 Å². The van der Waals surface area contributed by atoms with E-state index in [9.17, 15) is 9.59 Å². The van der Waals surface area contributed by atoms with Crippen LogP contribution in [0.1, 0.15) is 278 Å². The van der Waals surface area contributed by atoms with Crippen LogP contribution in [-0.2, 0) is 23.8 Å². The Balaban J connectivity index is 4.37. The van der Waals surface area contributed by atoms with E-state index in [4.69, 9.17) is 14.2 Å². The van der Waals surface area contributed by atoms with Crippen LogP contribution in [0.5, 0.6) is 0 Å². The van der Waals surface area contributed by atoms with Gasteiger partial charge in [0.25, 0.3) is 0 Å². The zero-order chi connectivity index (χ0) is 49.2. The molecule has 0 saturated carbocycles. The van der Waals surface area contributed by atoms with E-state index >= 15 is 0 Å². The number of rotatable bonds is 53. The summed E-state index contributed by atoms with van der Waals surface area (Å²) in [7, 11) is 0. The highest BCUT2D eigenvalue weighted by molar-refractivity contribution is 5.70. The largest absolute Gasteiger partial charge is 0.462 e. The first-order chi connectivity index (χ1) is 33.6. The summed E-state index contributed by atoms with van der Waals surface area (Å²) >= 11 is 0. The second-order valence-corrected chi connectivity index (χ2v) is 19.2. The van der Waals surface area contributed by atoms with E-state index in [0.717, 1.165) is 89.9 Å². The van der Waals surface area contributed by atoms with E-state index < -0.39 is 6.10 Å². The maximum absolute atomic E-state index is 12.9. The fourth-order valence-electron chi connectivity index (χ4n) is 8.06. The van der Waals surface area contributed by atoms with Gasteiger partial charge in [-0.3, -0.25) is 9.59 Å². The molecule has 0 amide bonds. The Morgan fingerprint density at radius 3 is 1.07 bits per heavy atom. The number of carbonyl (C=O) groups excluding carboxylic acids is 2. The second kappa shape index (κ2) is 58.4. The monoisotopic (exact) mass is 947 g/mol. The molecule has 0 bridgehead atoms. The van der Waals surface area contributed by atoms with Crippen LogP contribution < -0.4 is 0 Å². The van der Waals surface area contributed by atoms with Gasteiger partial charge in [-0.1, -0.05) is 234 Å². The van der Waals surface area contributed by atoms with Crippen molar-refractivity contribution in [1.82, 2.24) is 0 Å². The molecule has 0 radical (unpaired) electrons. The smallest absolute Gasteiger partial charge is 0.306 e. The summed E-state index contributed by atoms with van der Waals surface area (Å²) in [5.74, 6) is -0.426. The van der Waals surface area contributed by atoms with Gasteiger partial charge in [0.1, 0.15) is 6.61 Å². The Morgan fingerprint density at radius 2 is 0.662 bits per heavy atom. The molecule has 68 heavy (non-hydrogen) atoms. The SMILES string of the molecule is CC/C=C\C/C=C\C/C=C\C/C=C\C/C=C\CCCCOCC(COC(=O)CCCCCCCCC/C=C\CCCCCCCC)OC(=O)CCCCCCCCC/C=C\CCCCCCCC. The maximum atomic E-state index is 12.9. The number of carbonyl (C=O) groups is 2. The molecule has 0 fully saturated rings. The van der Waals surface area contributed by atoms with Crippen molar-refractivity contribution in [2.24, 2.45) is 0 Å². The zero-order valence-electron chi connectivity index (χ0n) is 45.1. The summed E-state index contributed by atoms with van der Waals surface area (Å²) in [6.45, 7) is 7.62. The molecule has 0 aliphatic heterocycles. The summed E-state index contributed by atoms with van der Waals surface area (Å²) in [5.41, 5.74) is 0. The fraction of sp³-hybridized carbons (Fsp3) is 0.746. The molecule has 0 saturated heterocycles. The van der Waals surface area contributed by atoms with Crippen molar-refractivity contribution in [3.05, 3.63) is 85.1 Å². The zero-order valence-corrected chi connectivity index (χ0v) is 45.1. The van der Waals surface area contributed by atoms with Gasteiger partial charge in [0.2, 0.25) is 0 Å². The van der Waals surface area contributed by atoms with Gasteiger partial charge in [0.05, 0.1) is 6.61 Å². The minimum absolute atomic E-state index is 0.0618. The lowest BCUT2D eigenvalue weighted by molar-refractivity contribution is -0.163. The standard InChI is InChI=1S/C63H110O5/c1-4-7-10-13-16-19-22-25-28-31-34-37-40-43-46-49-52-55-58-66-59-61(68-63(65)57-54-51-48-45-42-39-36-33-30-27-24-21-18-15-12-9-6-3)60-67-62(64)56-53-50-47-44-41-38-35-32-29-26-23-20-17-14-11-8-5-2/h7,10,16,19,25-30,34,37,43,46,61H,4-6,8-9,11-15,17-18,20-24,31-33,35-36,38-42,44-45,47-60H2,1-3H3/b10-7-,19-16-,28-25-,29-26-,30-27-,37-34-,46-43-. The Labute approximate surface area is 422 Å². The third kappa shape index (κ3) is 55.7. The predicted octanol–water partition coefficient (Wildman–Crippen LogP) is 20.0. The molecule has 1 unspecified atom stereocenters. The summed E-state index contributed by atoms with van der Waals surface area (Å²) in [6.07, 6.45) is 77.5. The van der Waals surface area contributed by atoms with Crippen LogP contribution in [0.25, 0.3) is 0 Å². The van der Waals surface area contributed by atoms with Gasteiger partial charge in [0.15, 0.2) is 6.10 Å². The Hall–Kier alpha value is -2.92. The summed E-state index contributed by atoms with van der Waals surface area (Å²) in [4.78, 5) is 25.5. The van der Waals surface area contributed by atoms with E-state index in [1.54, 1.807) is 0 Å². The summed E-state index contributed by atoms with van der Waals surface area (Å²) < 4.78 is 17.4. The van der Waals surface area contributed by atoms with Crippen LogP contribution in [0.15, 0.2) is 85.1 Å². The fourth-order valence-corrected chi connectivity index (χ4v) is 8.06. The highest BCUT2D eigenvalue weighted by atomic mass is 16.6. The third-order valence-corrected chi connectivity index (χ3v) is 12.4. The van der Waals surface area contributed by atoms with E-state index in [-0.39, 0.29) is 25.2 Å².